The third-order valence-electron chi connectivity index (χ3n) is 2.55. The second kappa shape index (κ2) is 3.27. The summed E-state index contributed by atoms with van der Waals surface area (Å²) >= 11 is 0. The number of ether oxygens (including phenoxy) is 1. The van der Waals surface area contributed by atoms with Crippen LogP contribution in [0.2, 0.25) is 0 Å². The summed E-state index contributed by atoms with van der Waals surface area (Å²) in [7, 11) is 0. The molecule has 1 aliphatic heterocycles. The van der Waals surface area contributed by atoms with Crippen molar-refractivity contribution in [2.45, 2.75) is 38.3 Å². The van der Waals surface area contributed by atoms with Gasteiger partial charge in [0.25, 0.3) is 0 Å². The molecule has 2 N–H and O–H groups in total. The van der Waals surface area contributed by atoms with Gasteiger partial charge in [-0.1, -0.05) is 6.92 Å². The van der Waals surface area contributed by atoms with Crippen molar-refractivity contribution >= 4 is 5.97 Å². The molecule has 0 saturated carbocycles. The first-order valence-electron chi connectivity index (χ1n) is 4.53. The van der Waals surface area contributed by atoms with Crippen molar-refractivity contribution in [2.24, 2.45) is 0 Å². The Morgan fingerprint density at radius 2 is 2.23 bits per heavy atom. The van der Waals surface area contributed by atoms with Crippen molar-refractivity contribution in [3.8, 4) is 0 Å². The molecule has 76 valence electrons. The number of carbonyl (C=O) groups excluding carboxylic acids is 1. The van der Waals surface area contributed by atoms with Crippen molar-refractivity contribution in [1.29, 1.82) is 0 Å². The van der Waals surface area contributed by atoms with Gasteiger partial charge < -0.3 is 9.84 Å². The van der Waals surface area contributed by atoms with Crippen LogP contribution in [0, 0.1) is 0 Å². The predicted octanol–water partition coefficient (Wildman–Crippen LogP) is 0.0525. The molecule has 0 bridgehead atoms. The third-order valence-corrected chi connectivity index (χ3v) is 2.55. The number of morpholine rings is 1. The molecule has 0 aromatic heterocycles. The van der Waals surface area contributed by atoms with Crippen LogP contribution in [0.25, 0.3) is 0 Å². The van der Waals surface area contributed by atoms with E-state index in [9.17, 15) is 9.90 Å². The number of aliphatic hydroxyl groups excluding tert-OH is 1. The smallest absolute Gasteiger partial charge is 0.325 e. The van der Waals surface area contributed by atoms with E-state index in [4.69, 9.17) is 4.74 Å². The predicted molar refractivity (Wildman–Crippen MR) is 48.3 cm³/mol. The number of carbonyl (C=O) groups is 1. The lowest BCUT2D eigenvalue weighted by molar-refractivity contribution is -0.163. The van der Waals surface area contributed by atoms with Gasteiger partial charge in [0, 0.05) is 0 Å². The van der Waals surface area contributed by atoms with Crippen LogP contribution in [0.3, 0.4) is 0 Å². The molecule has 0 aliphatic carbocycles. The first-order chi connectivity index (χ1) is 5.96. The molecule has 0 aromatic carbocycles. The molecule has 0 spiro atoms. The first kappa shape index (κ1) is 10.5. The topological polar surface area (TPSA) is 58.6 Å². The van der Waals surface area contributed by atoms with Crippen LogP contribution < -0.4 is 5.32 Å². The Morgan fingerprint density at radius 1 is 1.62 bits per heavy atom. The van der Waals surface area contributed by atoms with Crippen molar-refractivity contribution in [2.75, 3.05) is 13.2 Å². The van der Waals surface area contributed by atoms with E-state index < -0.39 is 11.1 Å². The lowest BCUT2D eigenvalue weighted by atomic mass is 9.90. The lowest BCUT2D eigenvalue weighted by Gasteiger charge is -2.43. The SMILES string of the molecule is CCC1(CO)COC(=O)C(C)(C)N1. The average molecular weight is 187 g/mol. The van der Waals surface area contributed by atoms with E-state index in [0.717, 1.165) is 6.42 Å². The Balaban J connectivity index is 2.80. The van der Waals surface area contributed by atoms with E-state index in [1.165, 1.54) is 0 Å². The average Bonchev–Trinajstić information content (AvgIpc) is 2.10. The molecule has 1 rings (SSSR count). The van der Waals surface area contributed by atoms with Gasteiger partial charge in [-0.15, -0.1) is 0 Å². The lowest BCUT2D eigenvalue weighted by Crippen LogP contribution is -2.67. The van der Waals surface area contributed by atoms with Gasteiger partial charge in [0.15, 0.2) is 0 Å². The fraction of sp³-hybridized carbons (Fsp3) is 0.889. The van der Waals surface area contributed by atoms with Crippen LogP contribution in [0.5, 0.6) is 0 Å². The molecule has 0 radical (unpaired) electrons. The molecule has 0 amide bonds. The molecule has 1 heterocycles. The van der Waals surface area contributed by atoms with E-state index in [1.807, 2.05) is 6.92 Å². The quantitative estimate of drug-likeness (QED) is 0.600. The molecular formula is C9H17NO3. The summed E-state index contributed by atoms with van der Waals surface area (Å²) in [5.41, 5.74) is -1.16. The highest BCUT2D eigenvalue weighted by Crippen LogP contribution is 2.22. The summed E-state index contributed by atoms with van der Waals surface area (Å²) in [6.07, 6.45) is 0.736. The minimum Gasteiger partial charge on any atom is -0.462 e. The number of esters is 1. The summed E-state index contributed by atoms with van der Waals surface area (Å²) < 4.78 is 5.03. The fourth-order valence-electron chi connectivity index (χ4n) is 1.52. The number of cyclic esters (lactones) is 1. The van der Waals surface area contributed by atoms with Gasteiger partial charge in [-0.25, -0.2) is 0 Å². The Bertz CT molecular complexity index is 209. The summed E-state index contributed by atoms with van der Waals surface area (Å²) in [4.78, 5) is 11.3. The van der Waals surface area contributed by atoms with Gasteiger partial charge in [-0.3, -0.25) is 10.1 Å². The van der Waals surface area contributed by atoms with Crippen LogP contribution in [-0.2, 0) is 9.53 Å². The second-order valence-electron chi connectivity index (χ2n) is 4.12. The Labute approximate surface area is 78.3 Å². The van der Waals surface area contributed by atoms with E-state index in [0.29, 0.717) is 0 Å². The standard InChI is InChI=1S/C9H17NO3/c1-4-9(5-11)6-13-7(12)8(2,3)10-9/h10-11H,4-6H2,1-3H3. The summed E-state index contributed by atoms with van der Waals surface area (Å²) in [5, 5.41) is 12.3. The van der Waals surface area contributed by atoms with Crippen LogP contribution in [-0.4, -0.2) is 35.4 Å². The van der Waals surface area contributed by atoms with Gasteiger partial charge >= 0.3 is 5.97 Å². The van der Waals surface area contributed by atoms with Crippen LogP contribution >= 0.6 is 0 Å². The maximum Gasteiger partial charge on any atom is 0.325 e. The van der Waals surface area contributed by atoms with E-state index >= 15 is 0 Å². The molecule has 13 heavy (non-hydrogen) atoms. The number of aliphatic hydroxyl groups is 1. The molecule has 0 aromatic rings. The fourth-order valence-corrected chi connectivity index (χ4v) is 1.52. The molecule has 1 saturated heterocycles. The van der Waals surface area contributed by atoms with Crippen molar-refractivity contribution < 1.29 is 14.6 Å². The molecule has 1 atom stereocenters. The molecule has 4 nitrogen and oxygen atoms in total. The van der Waals surface area contributed by atoms with Crippen molar-refractivity contribution in [3.05, 3.63) is 0 Å². The molecule has 1 unspecified atom stereocenters. The van der Waals surface area contributed by atoms with Gasteiger partial charge in [0.2, 0.25) is 0 Å². The van der Waals surface area contributed by atoms with Gasteiger partial charge in [-0.2, -0.15) is 0 Å². The molecule has 1 fully saturated rings. The maximum absolute atomic E-state index is 11.3. The summed E-state index contributed by atoms with van der Waals surface area (Å²) in [5.74, 6) is -0.259. The number of rotatable bonds is 2. The highest BCUT2D eigenvalue weighted by molar-refractivity contribution is 5.80. The number of hydrogen-bond donors (Lipinski definition) is 2. The maximum atomic E-state index is 11.3. The zero-order valence-corrected chi connectivity index (χ0v) is 8.39. The molecular weight excluding hydrogens is 170 g/mol. The number of hydrogen-bond acceptors (Lipinski definition) is 4. The van der Waals surface area contributed by atoms with E-state index in [1.54, 1.807) is 13.8 Å². The van der Waals surface area contributed by atoms with Crippen LogP contribution in [0.15, 0.2) is 0 Å². The normalized spacial score (nSPS) is 32.8. The van der Waals surface area contributed by atoms with Crippen molar-refractivity contribution in [1.82, 2.24) is 5.32 Å². The first-order valence-corrected chi connectivity index (χ1v) is 4.53. The number of nitrogens with one attached hydrogen (secondary N) is 1. The van der Waals surface area contributed by atoms with Gasteiger partial charge in [0.1, 0.15) is 12.1 Å². The largest absolute Gasteiger partial charge is 0.462 e. The Kier molecular flexibility index (Phi) is 2.63. The Hall–Kier alpha value is -0.610. The highest BCUT2D eigenvalue weighted by atomic mass is 16.5. The summed E-state index contributed by atoms with van der Waals surface area (Å²) in [6.45, 7) is 5.71. The van der Waals surface area contributed by atoms with Gasteiger partial charge in [0.05, 0.1) is 12.1 Å². The van der Waals surface area contributed by atoms with Crippen LogP contribution in [0.1, 0.15) is 27.2 Å². The third kappa shape index (κ3) is 1.84. The van der Waals surface area contributed by atoms with E-state index in [-0.39, 0.29) is 19.2 Å². The summed E-state index contributed by atoms with van der Waals surface area (Å²) in [6, 6.07) is 0. The van der Waals surface area contributed by atoms with E-state index in [2.05, 4.69) is 5.32 Å². The zero-order valence-electron chi connectivity index (χ0n) is 8.39. The van der Waals surface area contributed by atoms with Gasteiger partial charge in [-0.05, 0) is 20.3 Å². The van der Waals surface area contributed by atoms with Crippen molar-refractivity contribution in [3.63, 3.8) is 0 Å². The molecule has 1 aliphatic rings. The molecule has 4 heteroatoms. The highest BCUT2D eigenvalue weighted by Gasteiger charge is 2.44. The van der Waals surface area contributed by atoms with Crippen LogP contribution in [0.4, 0.5) is 0 Å². The zero-order chi connectivity index (χ0) is 10.1. The second-order valence-corrected chi connectivity index (χ2v) is 4.12. The minimum absolute atomic E-state index is 0.0137. The Morgan fingerprint density at radius 3 is 2.62 bits per heavy atom. The monoisotopic (exact) mass is 187 g/mol. The minimum atomic E-state index is -0.697.